The normalized spacial score (nSPS) is 38.8. The molecule has 0 radical (unpaired) electrons. The van der Waals surface area contributed by atoms with Crippen molar-refractivity contribution in [2.24, 2.45) is 29.1 Å². The number of hydrogen-bond acceptors (Lipinski definition) is 3. The van der Waals surface area contributed by atoms with Gasteiger partial charge in [0.25, 0.3) is 0 Å². The van der Waals surface area contributed by atoms with Gasteiger partial charge in [-0.05, 0) is 130 Å². The summed E-state index contributed by atoms with van der Waals surface area (Å²) >= 11 is 0. The molecule has 5 unspecified atom stereocenters. The van der Waals surface area contributed by atoms with Crippen molar-refractivity contribution in [2.75, 3.05) is 13.2 Å². The van der Waals surface area contributed by atoms with Crippen LogP contribution in [0.15, 0.2) is 18.2 Å². The second-order valence-electron chi connectivity index (χ2n) is 11.8. The monoisotopic (exact) mass is 440 g/mol. The molecule has 0 amide bonds. The van der Waals surface area contributed by atoms with Crippen molar-refractivity contribution in [1.82, 2.24) is 0 Å². The van der Waals surface area contributed by atoms with Gasteiger partial charge >= 0.3 is 0 Å². The highest BCUT2D eigenvalue weighted by molar-refractivity contribution is 5.41. The third-order valence-electron chi connectivity index (χ3n) is 9.52. The molecule has 3 fully saturated rings. The predicted octanol–water partition coefficient (Wildman–Crippen LogP) is 7.13. The van der Waals surface area contributed by atoms with Gasteiger partial charge in [0.05, 0.1) is 12.7 Å². The van der Waals surface area contributed by atoms with Gasteiger partial charge in [-0.25, -0.2) is 0 Å². The van der Waals surface area contributed by atoms with Crippen LogP contribution in [0.5, 0.6) is 5.75 Å². The Morgan fingerprint density at radius 3 is 2.78 bits per heavy atom. The molecule has 5 rings (SSSR count). The number of ether oxygens (including phenoxy) is 3. The molecule has 1 aromatic carbocycles. The van der Waals surface area contributed by atoms with Crippen molar-refractivity contribution in [3.8, 4) is 5.75 Å². The van der Waals surface area contributed by atoms with Gasteiger partial charge < -0.3 is 14.2 Å². The summed E-state index contributed by atoms with van der Waals surface area (Å²) in [5, 5.41) is 0. The molecule has 178 valence electrons. The highest BCUT2D eigenvalue weighted by Crippen LogP contribution is 2.64. The van der Waals surface area contributed by atoms with E-state index in [9.17, 15) is 0 Å². The Kier molecular flexibility index (Phi) is 6.60. The van der Waals surface area contributed by atoms with Crippen LogP contribution in [0.4, 0.5) is 0 Å². The van der Waals surface area contributed by atoms with Gasteiger partial charge in [0.15, 0.2) is 6.29 Å². The molecule has 1 heterocycles. The molecule has 0 bridgehead atoms. The van der Waals surface area contributed by atoms with Crippen molar-refractivity contribution in [2.45, 2.75) is 104 Å². The van der Waals surface area contributed by atoms with Gasteiger partial charge in [-0.2, -0.15) is 0 Å². The van der Waals surface area contributed by atoms with Crippen molar-refractivity contribution in [1.29, 1.82) is 0 Å². The topological polar surface area (TPSA) is 27.7 Å². The second-order valence-corrected chi connectivity index (χ2v) is 11.8. The Bertz CT molecular complexity index is 783. The summed E-state index contributed by atoms with van der Waals surface area (Å²) in [5.74, 6) is 5.07. The molecular weight excluding hydrogens is 396 g/mol. The highest BCUT2D eigenvalue weighted by Gasteiger charge is 2.55. The van der Waals surface area contributed by atoms with Crippen LogP contribution in [0.3, 0.4) is 0 Å². The molecule has 3 heteroatoms. The lowest BCUT2D eigenvalue weighted by Gasteiger charge is -2.53. The summed E-state index contributed by atoms with van der Waals surface area (Å²) in [7, 11) is 0. The molecule has 3 nitrogen and oxygen atoms in total. The number of benzene rings is 1. The van der Waals surface area contributed by atoms with Crippen LogP contribution in [0, 0.1) is 29.1 Å². The fourth-order valence-electron chi connectivity index (χ4n) is 8.07. The Labute approximate surface area is 195 Å². The predicted molar refractivity (Wildman–Crippen MR) is 129 cm³/mol. The standard InChI is InChI=1S/C29H44O3/c1-19(2)32-23-9-10-24-21(18-23)17-20(3)28-25(24)12-14-29(4)22(8-11-26(28)29)13-16-31-27-7-5-6-15-30-27/h9-10,18-20,22,25-28H,5-8,11-17H2,1-4H3/t20-,22-,25?,26?,27?,28?,29?/m1/s1. The van der Waals surface area contributed by atoms with Crippen molar-refractivity contribution >= 4 is 0 Å². The van der Waals surface area contributed by atoms with Crippen molar-refractivity contribution in [3.63, 3.8) is 0 Å². The first kappa shape index (κ1) is 22.7. The molecule has 3 aliphatic carbocycles. The summed E-state index contributed by atoms with van der Waals surface area (Å²) in [6, 6.07) is 6.98. The molecule has 32 heavy (non-hydrogen) atoms. The van der Waals surface area contributed by atoms with Crippen LogP contribution in [0.25, 0.3) is 0 Å². The first-order valence-electron chi connectivity index (χ1n) is 13.5. The van der Waals surface area contributed by atoms with Crippen LogP contribution in [0.2, 0.25) is 0 Å². The van der Waals surface area contributed by atoms with Crippen LogP contribution in [-0.2, 0) is 15.9 Å². The van der Waals surface area contributed by atoms with Gasteiger partial charge in [0, 0.05) is 6.61 Å². The fraction of sp³-hybridized carbons (Fsp3) is 0.793. The van der Waals surface area contributed by atoms with Gasteiger partial charge in [0.1, 0.15) is 5.75 Å². The van der Waals surface area contributed by atoms with E-state index in [1.807, 2.05) is 0 Å². The molecule has 1 saturated heterocycles. The first-order valence-corrected chi connectivity index (χ1v) is 13.5. The van der Waals surface area contributed by atoms with Crippen molar-refractivity contribution < 1.29 is 14.2 Å². The smallest absolute Gasteiger partial charge is 0.157 e. The maximum atomic E-state index is 6.15. The molecule has 0 spiro atoms. The lowest BCUT2D eigenvalue weighted by atomic mass is 9.51. The van der Waals surface area contributed by atoms with E-state index in [1.54, 1.807) is 11.1 Å². The average Bonchev–Trinajstić information content (AvgIpc) is 3.10. The average molecular weight is 441 g/mol. The molecule has 0 N–H and O–H groups in total. The summed E-state index contributed by atoms with van der Waals surface area (Å²) in [4.78, 5) is 0. The van der Waals surface area contributed by atoms with E-state index in [4.69, 9.17) is 14.2 Å². The lowest BCUT2D eigenvalue weighted by molar-refractivity contribution is -0.165. The fourth-order valence-corrected chi connectivity index (χ4v) is 8.07. The first-order chi connectivity index (χ1) is 15.5. The van der Waals surface area contributed by atoms with Gasteiger partial charge in [-0.3, -0.25) is 0 Å². The van der Waals surface area contributed by atoms with E-state index in [-0.39, 0.29) is 12.4 Å². The molecule has 1 aromatic rings. The van der Waals surface area contributed by atoms with Crippen LogP contribution >= 0.6 is 0 Å². The van der Waals surface area contributed by atoms with E-state index in [0.717, 1.165) is 55.0 Å². The Hall–Kier alpha value is -1.06. The zero-order chi connectivity index (χ0) is 22.3. The highest BCUT2D eigenvalue weighted by atomic mass is 16.7. The van der Waals surface area contributed by atoms with Crippen molar-refractivity contribution in [3.05, 3.63) is 29.3 Å². The quantitative estimate of drug-likeness (QED) is 0.471. The molecule has 7 atom stereocenters. The molecule has 0 aromatic heterocycles. The zero-order valence-electron chi connectivity index (χ0n) is 20.8. The lowest BCUT2D eigenvalue weighted by Crippen LogP contribution is -2.45. The molecular formula is C29H44O3. The maximum Gasteiger partial charge on any atom is 0.157 e. The third-order valence-corrected chi connectivity index (χ3v) is 9.52. The summed E-state index contributed by atoms with van der Waals surface area (Å²) in [5.41, 5.74) is 3.67. The number of hydrogen-bond donors (Lipinski definition) is 0. The Morgan fingerprint density at radius 1 is 1.12 bits per heavy atom. The van der Waals surface area contributed by atoms with Gasteiger partial charge in [-0.15, -0.1) is 0 Å². The minimum atomic E-state index is 0.0592. The van der Waals surface area contributed by atoms with E-state index in [2.05, 4.69) is 45.9 Å². The Morgan fingerprint density at radius 2 is 2.00 bits per heavy atom. The molecule has 2 saturated carbocycles. The van der Waals surface area contributed by atoms with Crippen LogP contribution in [0.1, 0.15) is 96.1 Å². The maximum absolute atomic E-state index is 6.15. The zero-order valence-corrected chi connectivity index (χ0v) is 20.8. The number of rotatable bonds is 6. The largest absolute Gasteiger partial charge is 0.491 e. The van der Waals surface area contributed by atoms with Gasteiger partial charge in [-0.1, -0.05) is 19.9 Å². The summed E-state index contributed by atoms with van der Waals surface area (Å²) in [6.07, 6.45) is 11.8. The third kappa shape index (κ3) is 4.25. The van der Waals surface area contributed by atoms with E-state index in [1.165, 1.54) is 51.4 Å². The van der Waals surface area contributed by atoms with E-state index < -0.39 is 0 Å². The minimum Gasteiger partial charge on any atom is -0.491 e. The molecule has 4 aliphatic rings. The van der Waals surface area contributed by atoms with Gasteiger partial charge in [0.2, 0.25) is 0 Å². The Balaban J connectivity index is 1.27. The van der Waals surface area contributed by atoms with E-state index >= 15 is 0 Å². The van der Waals surface area contributed by atoms with E-state index in [0.29, 0.717) is 5.41 Å². The molecule has 1 aliphatic heterocycles. The SMILES string of the molecule is CC(C)Oc1ccc2c(c1)C[C@@H](C)C1C2CCC2(C)C1CC[C@@H]2CCOC1CCCCO1. The van der Waals surface area contributed by atoms with Crippen LogP contribution in [-0.4, -0.2) is 25.6 Å². The number of fused-ring (bicyclic) bond motifs is 5. The summed E-state index contributed by atoms with van der Waals surface area (Å²) < 4.78 is 18.0. The minimum absolute atomic E-state index is 0.0592. The second kappa shape index (κ2) is 9.29. The van der Waals surface area contributed by atoms with Crippen LogP contribution < -0.4 is 4.74 Å². The summed E-state index contributed by atoms with van der Waals surface area (Å²) in [6.45, 7) is 11.1.